The van der Waals surface area contributed by atoms with Crippen LogP contribution in [0.3, 0.4) is 0 Å². The van der Waals surface area contributed by atoms with E-state index in [1.54, 1.807) is 23.1 Å². The van der Waals surface area contributed by atoms with Gasteiger partial charge in [0.2, 0.25) is 0 Å². The molecular weight excluding hydrogens is 364 g/mol. The summed E-state index contributed by atoms with van der Waals surface area (Å²) in [6, 6.07) is 5.87. The minimum Gasteiger partial charge on any atom is -0.383 e. The first-order valence-corrected chi connectivity index (χ1v) is 10.6. The van der Waals surface area contributed by atoms with Gasteiger partial charge >= 0.3 is 0 Å². The molecule has 26 heavy (non-hydrogen) atoms. The van der Waals surface area contributed by atoms with Crippen LogP contribution < -0.4 is 5.73 Å². The molecule has 4 aromatic rings. The molecule has 4 aromatic heterocycles. The summed E-state index contributed by atoms with van der Waals surface area (Å²) >= 11 is 3.37. The summed E-state index contributed by atoms with van der Waals surface area (Å²) in [4.78, 5) is 11.9. The second-order valence-corrected chi connectivity index (χ2v) is 8.50. The van der Waals surface area contributed by atoms with Crippen molar-refractivity contribution < 1.29 is 0 Å². The first-order chi connectivity index (χ1) is 12.8. The largest absolute Gasteiger partial charge is 0.383 e. The summed E-state index contributed by atoms with van der Waals surface area (Å²) in [6.45, 7) is 0. The summed E-state index contributed by atoms with van der Waals surface area (Å²) in [5, 5.41) is 10.4. The maximum absolute atomic E-state index is 6.33. The van der Waals surface area contributed by atoms with Crippen molar-refractivity contribution in [2.45, 2.75) is 43.0 Å². The standard InChI is InChI=1S/C18H18N6S2/c19-16-15-11-6-2-1-3-7-12(11)26-17(15)21-13(20-16)10-25-18-23-22-14-8-4-5-9-24(14)18/h4-5,8-9H,1-3,6-7,10H2,(H2,19,20,21). The van der Waals surface area contributed by atoms with Gasteiger partial charge in [-0.3, -0.25) is 4.40 Å². The van der Waals surface area contributed by atoms with Gasteiger partial charge in [-0.2, -0.15) is 0 Å². The highest BCUT2D eigenvalue weighted by atomic mass is 32.2. The highest BCUT2D eigenvalue weighted by Crippen LogP contribution is 2.37. The summed E-state index contributed by atoms with van der Waals surface area (Å²) in [5.74, 6) is 2.00. The van der Waals surface area contributed by atoms with Crippen LogP contribution >= 0.6 is 23.1 Å². The van der Waals surface area contributed by atoms with E-state index in [-0.39, 0.29) is 0 Å². The molecule has 2 N–H and O–H groups in total. The van der Waals surface area contributed by atoms with Crippen molar-refractivity contribution in [3.63, 3.8) is 0 Å². The van der Waals surface area contributed by atoms with Crippen molar-refractivity contribution in [1.29, 1.82) is 0 Å². The van der Waals surface area contributed by atoms with E-state index in [0.29, 0.717) is 11.6 Å². The van der Waals surface area contributed by atoms with Gasteiger partial charge in [0, 0.05) is 11.1 Å². The summed E-state index contributed by atoms with van der Waals surface area (Å²) in [6.07, 6.45) is 8.00. The number of rotatable bonds is 3. The van der Waals surface area contributed by atoms with E-state index in [1.807, 2.05) is 28.8 Å². The minimum absolute atomic E-state index is 0.621. The molecule has 4 heterocycles. The zero-order valence-corrected chi connectivity index (χ0v) is 15.8. The fraction of sp³-hybridized carbons (Fsp3) is 0.333. The van der Waals surface area contributed by atoms with E-state index in [0.717, 1.165) is 39.7 Å². The van der Waals surface area contributed by atoms with Crippen LogP contribution in [0.15, 0.2) is 29.6 Å². The highest BCUT2D eigenvalue weighted by Gasteiger charge is 2.19. The molecule has 1 aliphatic rings. The number of aryl methyl sites for hydroxylation is 2. The Labute approximate surface area is 158 Å². The molecule has 132 valence electrons. The first kappa shape index (κ1) is 16.0. The number of nitrogen functional groups attached to an aromatic ring is 1. The Balaban J connectivity index is 1.46. The van der Waals surface area contributed by atoms with E-state index in [1.165, 1.54) is 29.7 Å². The zero-order valence-electron chi connectivity index (χ0n) is 14.2. The number of fused-ring (bicyclic) bond motifs is 4. The van der Waals surface area contributed by atoms with Gasteiger partial charge in [0.15, 0.2) is 10.8 Å². The summed E-state index contributed by atoms with van der Waals surface area (Å²) in [5.41, 5.74) is 8.56. The van der Waals surface area contributed by atoms with Crippen molar-refractivity contribution in [2.24, 2.45) is 0 Å². The Morgan fingerprint density at radius 3 is 3.00 bits per heavy atom. The van der Waals surface area contributed by atoms with E-state index in [9.17, 15) is 0 Å². The molecule has 0 spiro atoms. The second kappa shape index (κ2) is 6.51. The van der Waals surface area contributed by atoms with Crippen LogP contribution in [0.25, 0.3) is 15.9 Å². The number of pyridine rings is 1. The molecule has 0 atom stereocenters. The van der Waals surface area contributed by atoms with Crippen LogP contribution in [0.5, 0.6) is 0 Å². The van der Waals surface area contributed by atoms with Crippen molar-refractivity contribution >= 4 is 44.8 Å². The van der Waals surface area contributed by atoms with Crippen molar-refractivity contribution in [1.82, 2.24) is 24.6 Å². The number of aromatic nitrogens is 5. The fourth-order valence-electron chi connectivity index (χ4n) is 3.52. The Kier molecular flexibility index (Phi) is 4.01. The predicted octanol–water partition coefficient (Wildman–Crippen LogP) is 3.88. The van der Waals surface area contributed by atoms with Crippen molar-refractivity contribution in [3.05, 3.63) is 40.7 Å². The lowest BCUT2D eigenvalue weighted by molar-refractivity contribution is 0.713. The van der Waals surface area contributed by atoms with Gasteiger partial charge in [0.05, 0.1) is 11.1 Å². The van der Waals surface area contributed by atoms with Gasteiger partial charge in [0.25, 0.3) is 0 Å². The Morgan fingerprint density at radius 2 is 2.04 bits per heavy atom. The Hall–Kier alpha value is -2.19. The van der Waals surface area contributed by atoms with E-state index >= 15 is 0 Å². The van der Waals surface area contributed by atoms with Gasteiger partial charge in [-0.1, -0.05) is 24.2 Å². The van der Waals surface area contributed by atoms with Crippen LogP contribution in [-0.2, 0) is 18.6 Å². The summed E-state index contributed by atoms with van der Waals surface area (Å²) in [7, 11) is 0. The third kappa shape index (κ3) is 2.73. The number of anilines is 1. The minimum atomic E-state index is 0.621. The number of hydrogen-bond acceptors (Lipinski definition) is 7. The number of nitrogens with zero attached hydrogens (tertiary/aromatic N) is 5. The lowest BCUT2D eigenvalue weighted by atomic mass is 10.1. The molecule has 0 bridgehead atoms. The second-order valence-electron chi connectivity index (χ2n) is 6.47. The van der Waals surface area contributed by atoms with Crippen molar-refractivity contribution in [2.75, 3.05) is 5.73 Å². The molecule has 1 aliphatic carbocycles. The molecular formula is C18H18N6S2. The quantitative estimate of drug-likeness (QED) is 0.428. The van der Waals surface area contributed by atoms with Crippen LogP contribution in [0.2, 0.25) is 0 Å². The molecule has 0 aliphatic heterocycles. The van der Waals surface area contributed by atoms with Crippen LogP contribution in [-0.4, -0.2) is 24.6 Å². The third-order valence-electron chi connectivity index (χ3n) is 4.75. The highest BCUT2D eigenvalue weighted by molar-refractivity contribution is 7.98. The van der Waals surface area contributed by atoms with Gasteiger partial charge in [-0.05, 0) is 43.4 Å². The number of thioether (sulfide) groups is 1. The smallest absolute Gasteiger partial charge is 0.196 e. The Bertz CT molecular complexity index is 1100. The zero-order chi connectivity index (χ0) is 17.5. The molecule has 0 saturated heterocycles. The van der Waals surface area contributed by atoms with Gasteiger partial charge in [0.1, 0.15) is 16.5 Å². The summed E-state index contributed by atoms with van der Waals surface area (Å²) < 4.78 is 1.97. The molecule has 0 radical (unpaired) electrons. The van der Waals surface area contributed by atoms with Crippen molar-refractivity contribution in [3.8, 4) is 0 Å². The van der Waals surface area contributed by atoms with Gasteiger partial charge in [-0.15, -0.1) is 21.5 Å². The predicted molar refractivity (Wildman–Crippen MR) is 106 cm³/mol. The molecule has 6 nitrogen and oxygen atoms in total. The van der Waals surface area contributed by atoms with E-state index in [4.69, 9.17) is 10.7 Å². The van der Waals surface area contributed by atoms with Crippen LogP contribution in [0.1, 0.15) is 35.5 Å². The van der Waals surface area contributed by atoms with Gasteiger partial charge in [-0.25, -0.2) is 9.97 Å². The van der Waals surface area contributed by atoms with E-state index < -0.39 is 0 Å². The SMILES string of the molecule is Nc1nc(CSc2nnc3ccccn23)nc2sc3c(c12)CCCCC3. The lowest BCUT2D eigenvalue weighted by Crippen LogP contribution is -2.00. The number of hydrogen-bond donors (Lipinski definition) is 1. The maximum Gasteiger partial charge on any atom is 0.196 e. The molecule has 0 aromatic carbocycles. The molecule has 8 heteroatoms. The maximum atomic E-state index is 6.33. The normalized spacial score (nSPS) is 14.6. The monoisotopic (exact) mass is 382 g/mol. The average molecular weight is 383 g/mol. The topological polar surface area (TPSA) is 82.0 Å². The third-order valence-corrected chi connectivity index (χ3v) is 6.88. The van der Waals surface area contributed by atoms with Gasteiger partial charge < -0.3 is 5.73 Å². The average Bonchev–Trinajstić information content (AvgIpc) is 3.14. The molecule has 0 amide bonds. The van der Waals surface area contributed by atoms with Crippen LogP contribution in [0.4, 0.5) is 5.82 Å². The molecule has 5 rings (SSSR count). The molecule has 0 saturated carbocycles. The number of thiophene rings is 1. The van der Waals surface area contributed by atoms with E-state index in [2.05, 4.69) is 15.2 Å². The molecule has 0 fully saturated rings. The lowest BCUT2D eigenvalue weighted by Gasteiger charge is -2.04. The molecule has 0 unspecified atom stereocenters. The Morgan fingerprint density at radius 1 is 1.12 bits per heavy atom. The first-order valence-electron chi connectivity index (χ1n) is 8.79. The fourth-order valence-corrected chi connectivity index (χ4v) is 5.59. The van der Waals surface area contributed by atoms with Crippen LogP contribution in [0, 0.1) is 0 Å². The number of nitrogens with two attached hydrogens (primary N) is 1.